The van der Waals surface area contributed by atoms with Crippen molar-refractivity contribution in [3.63, 3.8) is 0 Å². The Kier molecular flexibility index (Phi) is 3.21. The lowest BCUT2D eigenvalue weighted by Crippen LogP contribution is -2.52. The lowest BCUT2D eigenvalue weighted by atomic mass is 9.94. The molecular formula is C17H17F2NO. The number of fused-ring (bicyclic) bond motifs is 1. The number of rotatable bonds is 3. The summed E-state index contributed by atoms with van der Waals surface area (Å²) in [4.78, 5) is 1.54. The van der Waals surface area contributed by atoms with Gasteiger partial charge in [0, 0.05) is 30.5 Å². The molecule has 0 aliphatic carbocycles. The molecular weight excluding hydrogens is 272 g/mol. The summed E-state index contributed by atoms with van der Waals surface area (Å²) in [6, 6.07) is 15.3. The van der Waals surface area contributed by atoms with Crippen LogP contribution in [0.4, 0.5) is 14.5 Å². The Morgan fingerprint density at radius 3 is 2.24 bits per heavy atom. The molecule has 4 heteroatoms. The first kappa shape index (κ1) is 14.0. The number of benzene rings is 2. The maximum Gasteiger partial charge on any atom is 0.326 e. The fourth-order valence-corrected chi connectivity index (χ4v) is 3.11. The van der Waals surface area contributed by atoms with Crippen LogP contribution in [0.2, 0.25) is 0 Å². The highest BCUT2D eigenvalue weighted by Crippen LogP contribution is 2.58. The van der Waals surface area contributed by atoms with Gasteiger partial charge in [-0.25, -0.2) is 0 Å². The highest BCUT2D eigenvalue weighted by Gasteiger charge is 2.65. The van der Waals surface area contributed by atoms with Gasteiger partial charge in [0.2, 0.25) is 5.72 Å². The summed E-state index contributed by atoms with van der Waals surface area (Å²) < 4.78 is 36.1. The number of nitrogens with zero attached hydrogens (tertiary/aromatic N) is 1. The van der Waals surface area contributed by atoms with Crippen LogP contribution in [-0.4, -0.2) is 13.7 Å². The first-order chi connectivity index (χ1) is 10.1. The number of para-hydroxylation sites is 1. The highest BCUT2D eigenvalue weighted by atomic mass is 19.3. The van der Waals surface area contributed by atoms with Gasteiger partial charge in [-0.05, 0) is 13.0 Å². The van der Waals surface area contributed by atoms with Crippen molar-refractivity contribution in [3.8, 4) is 0 Å². The molecule has 1 atom stereocenters. The lowest BCUT2D eigenvalue weighted by Gasteiger charge is -2.41. The van der Waals surface area contributed by atoms with Gasteiger partial charge in [0.05, 0.1) is 0 Å². The summed E-state index contributed by atoms with van der Waals surface area (Å²) in [5.41, 5.74) is -0.840. The Morgan fingerprint density at radius 2 is 1.62 bits per heavy atom. The van der Waals surface area contributed by atoms with Crippen molar-refractivity contribution in [3.05, 3.63) is 65.7 Å². The Bertz CT molecular complexity index is 644. The summed E-state index contributed by atoms with van der Waals surface area (Å²) in [6.45, 7) is 1.93. The zero-order valence-corrected chi connectivity index (χ0v) is 12.0. The van der Waals surface area contributed by atoms with Crippen LogP contribution in [0, 0.1) is 0 Å². The van der Waals surface area contributed by atoms with Crippen LogP contribution in [0.25, 0.3) is 0 Å². The molecule has 0 N–H and O–H groups in total. The molecule has 2 aromatic rings. The van der Waals surface area contributed by atoms with Crippen LogP contribution in [-0.2, 0) is 16.4 Å². The van der Waals surface area contributed by atoms with E-state index < -0.39 is 11.6 Å². The lowest BCUT2D eigenvalue weighted by molar-refractivity contribution is -0.210. The summed E-state index contributed by atoms with van der Waals surface area (Å²) in [7, 11) is 1.66. The second-order valence-corrected chi connectivity index (χ2v) is 5.09. The minimum absolute atomic E-state index is 0.00445. The maximum absolute atomic E-state index is 15.2. The molecule has 0 saturated heterocycles. The molecule has 21 heavy (non-hydrogen) atoms. The number of ether oxygens (including phenoxy) is 1. The molecule has 0 spiro atoms. The molecule has 1 aliphatic heterocycles. The standard InChI is InChI=1S/C17H17F2NO/c1-3-21-17(13-9-5-4-6-10-13)16(18,19)14-11-7-8-12-15(14)20(17)2/h4-12H,3H2,1-2H3. The zero-order chi connectivity index (χ0) is 15.1. The molecule has 0 fully saturated rings. The molecule has 1 unspecified atom stereocenters. The quantitative estimate of drug-likeness (QED) is 0.843. The van der Waals surface area contributed by atoms with Gasteiger partial charge < -0.3 is 9.64 Å². The van der Waals surface area contributed by atoms with Crippen molar-refractivity contribution in [1.29, 1.82) is 0 Å². The topological polar surface area (TPSA) is 12.5 Å². The van der Waals surface area contributed by atoms with Crippen LogP contribution < -0.4 is 4.90 Å². The summed E-state index contributed by atoms with van der Waals surface area (Å²) in [5, 5.41) is 0. The van der Waals surface area contributed by atoms with Crippen LogP contribution in [0.3, 0.4) is 0 Å². The normalized spacial score (nSPS) is 23.1. The SMILES string of the molecule is CCOC1(c2ccccc2)N(C)c2ccccc2C1(F)F. The third-order valence-electron chi connectivity index (χ3n) is 4.02. The predicted molar refractivity (Wildman–Crippen MR) is 78.5 cm³/mol. The van der Waals surface area contributed by atoms with E-state index in [0.29, 0.717) is 11.3 Å². The molecule has 3 rings (SSSR count). The first-order valence-electron chi connectivity index (χ1n) is 6.96. The number of hydrogen-bond donors (Lipinski definition) is 0. The number of hydrogen-bond acceptors (Lipinski definition) is 2. The summed E-state index contributed by atoms with van der Waals surface area (Å²) in [6.07, 6.45) is 0. The van der Waals surface area contributed by atoms with Gasteiger partial charge in [-0.1, -0.05) is 48.5 Å². The van der Waals surface area contributed by atoms with E-state index in [1.54, 1.807) is 61.3 Å². The van der Waals surface area contributed by atoms with Crippen molar-refractivity contribution >= 4 is 5.69 Å². The van der Waals surface area contributed by atoms with Gasteiger partial charge in [0.25, 0.3) is 0 Å². The molecule has 2 aromatic carbocycles. The highest BCUT2D eigenvalue weighted by molar-refractivity contribution is 5.65. The first-order valence-corrected chi connectivity index (χ1v) is 6.96. The second-order valence-electron chi connectivity index (χ2n) is 5.09. The smallest absolute Gasteiger partial charge is 0.326 e. The van der Waals surface area contributed by atoms with Crippen molar-refractivity contribution in [2.75, 3.05) is 18.6 Å². The summed E-state index contributed by atoms with van der Waals surface area (Å²) in [5.74, 6) is -3.13. The van der Waals surface area contributed by atoms with Crippen LogP contribution >= 0.6 is 0 Å². The van der Waals surface area contributed by atoms with E-state index in [2.05, 4.69) is 0 Å². The number of alkyl halides is 2. The van der Waals surface area contributed by atoms with Crippen molar-refractivity contribution in [2.24, 2.45) is 0 Å². The average Bonchev–Trinajstić information content (AvgIpc) is 2.68. The zero-order valence-electron chi connectivity index (χ0n) is 12.0. The Morgan fingerprint density at radius 1 is 1.00 bits per heavy atom. The van der Waals surface area contributed by atoms with Crippen LogP contribution in [0.15, 0.2) is 54.6 Å². The van der Waals surface area contributed by atoms with E-state index in [4.69, 9.17) is 4.74 Å². The van der Waals surface area contributed by atoms with E-state index in [9.17, 15) is 0 Å². The maximum atomic E-state index is 15.2. The molecule has 110 valence electrons. The molecule has 1 aliphatic rings. The molecule has 0 amide bonds. The van der Waals surface area contributed by atoms with Gasteiger partial charge >= 0.3 is 5.92 Å². The molecule has 0 bridgehead atoms. The van der Waals surface area contributed by atoms with Gasteiger partial charge in [-0.3, -0.25) is 0 Å². The fraction of sp³-hybridized carbons (Fsp3) is 0.294. The largest absolute Gasteiger partial charge is 0.346 e. The molecule has 2 nitrogen and oxygen atoms in total. The predicted octanol–water partition coefficient (Wildman–Crippen LogP) is 4.12. The average molecular weight is 289 g/mol. The van der Waals surface area contributed by atoms with Crippen molar-refractivity contribution in [2.45, 2.75) is 18.6 Å². The van der Waals surface area contributed by atoms with E-state index in [-0.39, 0.29) is 12.2 Å². The Labute approximate surface area is 123 Å². The van der Waals surface area contributed by atoms with Crippen LogP contribution in [0.1, 0.15) is 18.1 Å². The molecule has 0 aromatic heterocycles. The van der Waals surface area contributed by atoms with Gasteiger partial charge in [0.15, 0.2) is 0 Å². The fourth-order valence-electron chi connectivity index (χ4n) is 3.11. The van der Waals surface area contributed by atoms with Gasteiger partial charge in [-0.15, -0.1) is 0 Å². The van der Waals surface area contributed by atoms with E-state index in [1.165, 1.54) is 6.07 Å². The third kappa shape index (κ3) is 1.72. The number of halogens is 2. The monoisotopic (exact) mass is 289 g/mol. The van der Waals surface area contributed by atoms with E-state index >= 15 is 8.78 Å². The minimum Gasteiger partial charge on any atom is -0.346 e. The summed E-state index contributed by atoms with van der Waals surface area (Å²) >= 11 is 0. The number of likely N-dealkylation sites (N-methyl/N-ethyl adjacent to an activating group) is 1. The molecule has 1 heterocycles. The Balaban J connectivity index is 2.27. The van der Waals surface area contributed by atoms with Gasteiger partial charge in [0.1, 0.15) is 0 Å². The Hall–Kier alpha value is -1.94. The van der Waals surface area contributed by atoms with E-state index in [0.717, 1.165) is 0 Å². The minimum atomic E-state index is -3.13. The van der Waals surface area contributed by atoms with Crippen LogP contribution in [0.5, 0.6) is 0 Å². The molecule has 0 saturated carbocycles. The van der Waals surface area contributed by atoms with Crippen molar-refractivity contribution < 1.29 is 13.5 Å². The van der Waals surface area contributed by atoms with E-state index in [1.807, 2.05) is 6.07 Å². The third-order valence-corrected chi connectivity index (χ3v) is 4.02. The second kappa shape index (κ2) is 4.81. The van der Waals surface area contributed by atoms with Gasteiger partial charge in [-0.2, -0.15) is 8.78 Å². The number of anilines is 1. The molecule has 0 radical (unpaired) electrons. The van der Waals surface area contributed by atoms with Crippen molar-refractivity contribution in [1.82, 2.24) is 0 Å².